The molecule has 0 fully saturated rings. The first-order valence-corrected chi connectivity index (χ1v) is 2.17. The van der Waals surface area contributed by atoms with Crippen LogP contribution in [0.25, 0.3) is 0 Å². The Morgan fingerprint density at radius 1 is 1.50 bits per heavy atom. The summed E-state index contributed by atoms with van der Waals surface area (Å²) in [4.78, 5) is 3.62. The van der Waals surface area contributed by atoms with Gasteiger partial charge in [0.15, 0.2) is 0 Å². The van der Waals surface area contributed by atoms with Crippen LogP contribution in [0.2, 0.25) is 0 Å². The van der Waals surface area contributed by atoms with Crippen LogP contribution in [0, 0.1) is 0 Å². The monoisotopic (exact) mass is 107 g/mol. The molecule has 3 nitrogen and oxygen atoms in total. The molecule has 1 aromatic rings. The van der Waals surface area contributed by atoms with E-state index in [1.807, 2.05) is 0 Å². The minimum atomic E-state index is 0.750. The summed E-state index contributed by atoms with van der Waals surface area (Å²) >= 11 is 0. The fraction of sp³-hybridized carbons (Fsp3) is 0. The van der Waals surface area contributed by atoms with Gasteiger partial charge in [-0.1, -0.05) is 0 Å². The fourth-order valence-electron chi connectivity index (χ4n) is 0.377. The van der Waals surface area contributed by atoms with Crippen molar-refractivity contribution >= 4 is 12.4 Å². The van der Waals surface area contributed by atoms with Gasteiger partial charge in [-0.05, 0) is 12.8 Å². The largest absolute Gasteiger partial charge is 0.263 e. The predicted octanol–water partition coefficient (Wildman–Crippen LogP) is 0.809. The lowest BCUT2D eigenvalue weighted by molar-refractivity contribution is 1.03. The lowest BCUT2D eigenvalue weighted by Crippen LogP contribution is -1.73. The predicted molar refractivity (Wildman–Crippen MR) is 31.2 cm³/mol. The second-order valence-electron chi connectivity index (χ2n) is 1.26. The first-order valence-electron chi connectivity index (χ1n) is 2.17. The Hall–Kier alpha value is -1.25. The van der Waals surface area contributed by atoms with E-state index in [1.54, 1.807) is 18.5 Å². The van der Waals surface area contributed by atoms with Crippen LogP contribution in [-0.4, -0.2) is 16.9 Å². The summed E-state index contributed by atoms with van der Waals surface area (Å²) in [6.45, 7) is 3.31. The average Bonchev–Trinajstić information content (AvgIpc) is 1.90. The molecule has 1 aromatic heterocycles. The Kier molecular flexibility index (Phi) is 1.32. The van der Waals surface area contributed by atoms with Gasteiger partial charge in [0.05, 0.1) is 18.1 Å². The summed E-state index contributed by atoms with van der Waals surface area (Å²) in [5.74, 6) is 0. The number of hydrogen-bond donors (Lipinski definition) is 0. The highest BCUT2D eigenvalue weighted by atomic mass is 15.1. The molecule has 0 spiro atoms. The van der Waals surface area contributed by atoms with E-state index >= 15 is 0 Å². The van der Waals surface area contributed by atoms with Gasteiger partial charge in [0.2, 0.25) is 0 Å². The van der Waals surface area contributed by atoms with Crippen LogP contribution in [0.3, 0.4) is 0 Å². The van der Waals surface area contributed by atoms with Crippen molar-refractivity contribution in [3.05, 3.63) is 18.5 Å². The molecule has 0 saturated heterocycles. The van der Waals surface area contributed by atoms with Gasteiger partial charge in [-0.2, -0.15) is 10.2 Å². The van der Waals surface area contributed by atoms with Gasteiger partial charge >= 0.3 is 0 Å². The maximum atomic E-state index is 3.62. The normalized spacial score (nSPS) is 8.50. The molecule has 0 aliphatic heterocycles. The quantitative estimate of drug-likeness (QED) is 0.498. The molecule has 1 rings (SSSR count). The molecular formula is C5H5N3. The Morgan fingerprint density at radius 3 is 2.75 bits per heavy atom. The van der Waals surface area contributed by atoms with Crippen molar-refractivity contribution in [2.45, 2.75) is 0 Å². The standard InChI is InChI=1S/C5H5N3/c1-6-5-2-3-7-8-4-5/h2-4H,1H2. The molecule has 0 saturated carbocycles. The summed E-state index contributed by atoms with van der Waals surface area (Å²) in [5.41, 5.74) is 0.750. The van der Waals surface area contributed by atoms with Crippen molar-refractivity contribution in [2.24, 2.45) is 4.99 Å². The summed E-state index contributed by atoms with van der Waals surface area (Å²) < 4.78 is 0. The molecule has 0 atom stereocenters. The van der Waals surface area contributed by atoms with Crippen LogP contribution < -0.4 is 0 Å². The maximum Gasteiger partial charge on any atom is 0.0839 e. The van der Waals surface area contributed by atoms with E-state index in [4.69, 9.17) is 0 Å². The van der Waals surface area contributed by atoms with Gasteiger partial charge in [-0.3, -0.25) is 4.99 Å². The Balaban J connectivity index is 2.99. The number of hydrogen-bond acceptors (Lipinski definition) is 3. The van der Waals surface area contributed by atoms with Gasteiger partial charge in [0.25, 0.3) is 0 Å². The number of rotatable bonds is 1. The topological polar surface area (TPSA) is 38.1 Å². The Morgan fingerprint density at radius 2 is 2.38 bits per heavy atom. The van der Waals surface area contributed by atoms with E-state index in [0.29, 0.717) is 0 Å². The molecule has 0 bridgehead atoms. The highest BCUT2D eigenvalue weighted by Crippen LogP contribution is 2.02. The molecule has 0 radical (unpaired) electrons. The highest BCUT2D eigenvalue weighted by molar-refractivity contribution is 5.41. The van der Waals surface area contributed by atoms with Crippen molar-refractivity contribution in [3.8, 4) is 0 Å². The third-order valence-electron chi connectivity index (χ3n) is 0.751. The van der Waals surface area contributed by atoms with Gasteiger partial charge in [0, 0.05) is 0 Å². The molecule has 0 unspecified atom stereocenters. The van der Waals surface area contributed by atoms with Crippen LogP contribution in [0.4, 0.5) is 5.69 Å². The van der Waals surface area contributed by atoms with E-state index in [0.717, 1.165) is 5.69 Å². The molecule has 0 aliphatic rings. The van der Waals surface area contributed by atoms with Gasteiger partial charge < -0.3 is 0 Å². The van der Waals surface area contributed by atoms with E-state index < -0.39 is 0 Å². The minimum Gasteiger partial charge on any atom is -0.263 e. The van der Waals surface area contributed by atoms with Crippen molar-refractivity contribution in [1.29, 1.82) is 0 Å². The molecular weight excluding hydrogens is 102 g/mol. The maximum absolute atomic E-state index is 3.62. The smallest absolute Gasteiger partial charge is 0.0839 e. The van der Waals surface area contributed by atoms with E-state index in [-0.39, 0.29) is 0 Å². The summed E-state index contributed by atoms with van der Waals surface area (Å²) in [7, 11) is 0. The lowest BCUT2D eigenvalue weighted by atomic mass is 10.5. The second kappa shape index (κ2) is 2.16. The fourth-order valence-corrected chi connectivity index (χ4v) is 0.377. The van der Waals surface area contributed by atoms with Crippen LogP contribution in [0.15, 0.2) is 23.5 Å². The van der Waals surface area contributed by atoms with Crippen molar-refractivity contribution < 1.29 is 0 Å². The molecule has 0 aromatic carbocycles. The van der Waals surface area contributed by atoms with Crippen molar-refractivity contribution in [2.75, 3.05) is 0 Å². The zero-order chi connectivity index (χ0) is 5.82. The van der Waals surface area contributed by atoms with E-state index in [9.17, 15) is 0 Å². The molecule has 40 valence electrons. The zero-order valence-corrected chi connectivity index (χ0v) is 4.28. The molecule has 1 heterocycles. The van der Waals surface area contributed by atoms with Gasteiger partial charge in [0.1, 0.15) is 0 Å². The van der Waals surface area contributed by atoms with E-state index in [2.05, 4.69) is 21.9 Å². The van der Waals surface area contributed by atoms with Crippen molar-refractivity contribution in [1.82, 2.24) is 10.2 Å². The lowest BCUT2D eigenvalue weighted by Gasteiger charge is -1.83. The van der Waals surface area contributed by atoms with Gasteiger partial charge in [-0.25, -0.2) is 0 Å². The summed E-state index contributed by atoms with van der Waals surface area (Å²) in [6.07, 6.45) is 3.12. The summed E-state index contributed by atoms with van der Waals surface area (Å²) in [5, 5.41) is 7.13. The average molecular weight is 107 g/mol. The SMILES string of the molecule is C=Nc1ccnnc1. The first kappa shape index (κ1) is 4.90. The third-order valence-corrected chi connectivity index (χ3v) is 0.751. The van der Waals surface area contributed by atoms with Crippen LogP contribution in [0.1, 0.15) is 0 Å². The van der Waals surface area contributed by atoms with Crippen LogP contribution >= 0.6 is 0 Å². The van der Waals surface area contributed by atoms with Crippen LogP contribution in [-0.2, 0) is 0 Å². The third kappa shape index (κ3) is 0.872. The van der Waals surface area contributed by atoms with E-state index in [1.165, 1.54) is 0 Å². The number of aliphatic imine (C=N–C) groups is 1. The summed E-state index contributed by atoms with van der Waals surface area (Å²) in [6, 6.07) is 1.74. The van der Waals surface area contributed by atoms with Gasteiger partial charge in [-0.15, -0.1) is 0 Å². The Labute approximate surface area is 47.1 Å². The number of nitrogens with zero attached hydrogens (tertiary/aromatic N) is 3. The zero-order valence-electron chi connectivity index (χ0n) is 4.28. The molecule has 0 N–H and O–H groups in total. The van der Waals surface area contributed by atoms with Crippen molar-refractivity contribution in [3.63, 3.8) is 0 Å². The molecule has 8 heavy (non-hydrogen) atoms. The number of aromatic nitrogens is 2. The first-order chi connectivity index (χ1) is 3.93. The Bertz CT molecular complexity index is 170. The second-order valence-corrected chi connectivity index (χ2v) is 1.26. The molecule has 0 aliphatic carbocycles. The molecule has 0 amide bonds. The van der Waals surface area contributed by atoms with Crippen LogP contribution in [0.5, 0.6) is 0 Å². The highest BCUT2D eigenvalue weighted by Gasteiger charge is 1.79. The molecule has 3 heteroatoms. The minimum absolute atomic E-state index is 0.750.